The molecule has 3 rings (SSSR count). The molecular formula is C14H12BrN3O. The van der Waals surface area contributed by atoms with E-state index in [-0.39, 0.29) is 11.8 Å². The Morgan fingerprint density at radius 3 is 2.84 bits per heavy atom. The van der Waals surface area contributed by atoms with Crippen LogP contribution in [0.3, 0.4) is 0 Å². The van der Waals surface area contributed by atoms with Crippen molar-refractivity contribution in [3.8, 4) is 11.3 Å². The van der Waals surface area contributed by atoms with E-state index in [0.717, 1.165) is 28.6 Å². The number of carbonyl (C=O) groups is 1. The highest BCUT2D eigenvalue weighted by Gasteiger charge is 2.29. The monoisotopic (exact) mass is 317 g/mol. The van der Waals surface area contributed by atoms with E-state index in [4.69, 9.17) is 0 Å². The highest BCUT2D eigenvalue weighted by atomic mass is 79.9. The van der Waals surface area contributed by atoms with Crippen LogP contribution in [0, 0.1) is 5.92 Å². The zero-order valence-corrected chi connectivity index (χ0v) is 11.7. The number of benzene rings is 1. The quantitative estimate of drug-likeness (QED) is 0.945. The summed E-state index contributed by atoms with van der Waals surface area (Å²) in [7, 11) is 0. The fourth-order valence-electron chi connectivity index (χ4n) is 1.81. The second kappa shape index (κ2) is 5.09. The molecule has 0 atom stereocenters. The molecule has 1 aromatic carbocycles. The smallest absolute Gasteiger partial charge is 0.228 e. The zero-order valence-electron chi connectivity index (χ0n) is 10.1. The molecule has 0 bridgehead atoms. The SMILES string of the molecule is O=C(Nc1cc(-c2cccc(Br)c2)ncn1)C1CC1. The van der Waals surface area contributed by atoms with Crippen molar-refractivity contribution < 1.29 is 4.79 Å². The van der Waals surface area contributed by atoms with E-state index in [1.165, 1.54) is 6.33 Å². The molecular weight excluding hydrogens is 306 g/mol. The lowest BCUT2D eigenvalue weighted by molar-refractivity contribution is -0.117. The van der Waals surface area contributed by atoms with Gasteiger partial charge in [-0.3, -0.25) is 4.79 Å². The van der Waals surface area contributed by atoms with Crippen LogP contribution in [-0.4, -0.2) is 15.9 Å². The first kappa shape index (κ1) is 12.3. The number of amides is 1. The third-order valence-electron chi connectivity index (χ3n) is 2.99. The van der Waals surface area contributed by atoms with Crippen LogP contribution in [-0.2, 0) is 4.79 Å². The molecule has 4 nitrogen and oxygen atoms in total. The first-order valence-corrected chi connectivity index (χ1v) is 6.90. The van der Waals surface area contributed by atoms with Gasteiger partial charge in [-0.1, -0.05) is 28.1 Å². The van der Waals surface area contributed by atoms with Crippen molar-refractivity contribution in [3.63, 3.8) is 0 Å². The molecule has 96 valence electrons. The average molecular weight is 318 g/mol. The number of hydrogen-bond donors (Lipinski definition) is 1. The van der Waals surface area contributed by atoms with Gasteiger partial charge in [0.15, 0.2) is 0 Å². The van der Waals surface area contributed by atoms with Crippen LogP contribution < -0.4 is 5.32 Å². The number of halogens is 1. The topological polar surface area (TPSA) is 54.9 Å². The van der Waals surface area contributed by atoms with Gasteiger partial charge in [-0.2, -0.15) is 0 Å². The highest BCUT2D eigenvalue weighted by Crippen LogP contribution is 2.30. The Bertz CT molecular complexity index is 626. The molecule has 0 radical (unpaired) electrons. The van der Waals surface area contributed by atoms with Crippen LogP contribution in [0.1, 0.15) is 12.8 Å². The second-order valence-corrected chi connectivity index (χ2v) is 5.48. The molecule has 1 N–H and O–H groups in total. The van der Waals surface area contributed by atoms with Gasteiger partial charge in [-0.15, -0.1) is 0 Å². The van der Waals surface area contributed by atoms with Crippen LogP contribution in [0.25, 0.3) is 11.3 Å². The van der Waals surface area contributed by atoms with Gasteiger partial charge in [-0.25, -0.2) is 9.97 Å². The van der Waals surface area contributed by atoms with Crippen LogP contribution in [0.4, 0.5) is 5.82 Å². The summed E-state index contributed by atoms with van der Waals surface area (Å²) in [6.07, 6.45) is 3.43. The lowest BCUT2D eigenvalue weighted by Crippen LogP contribution is -2.14. The van der Waals surface area contributed by atoms with E-state index >= 15 is 0 Å². The van der Waals surface area contributed by atoms with E-state index in [1.54, 1.807) is 6.07 Å². The fraction of sp³-hybridized carbons (Fsp3) is 0.214. The van der Waals surface area contributed by atoms with E-state index in [9.17, 15) is 4.79 Å². The zero-order chi connectivity index (χ0) is 13.2. The van der Waals surface area contributed by atoms with Gasteiger partial charge in [0.2, 0.25) is 5.91 Å². The molecule has 1 fully saturated rings. The minimum absolute atomic E-state index is 0.0545. The lowest BCUT2D eigenvalue weighted by atomic mass is 10.1. The van der Waals surface area contributed by atoms with Crippen molar-refractivity contribution in [2.75, 3.05) is 5.32 Å². The summed E-state index contributed by atoms with van der Waals surface area (Å²) in [4.78, 5) is 20.0. The van der Waals surface area contributed by atoms with Crippen LogP contribution >= 0.6 is 15.9 Å². The molecule has 2 aromatic rings. The van der Waals surface area contributed by atoms with Crippen molar-refractivity contribution in [2.24, 2.45) is 5.92 Å². The number of anilines is 1. The minimum Gasteiger partial charge on any atom is -0.310 e. The lowest BCUT2D eigenvalue weighted by Gasteiger charge is -2.05. The summed E-state index contributed by atoms with van der Waals surface area (Å²) < 4.78 is 0.993. The maximum atomic E-state index is 11.7. The Kier molecular flexibility index (Phi) is 3.29. The van der Waals surface area contributed by atoms with Gasteiger partial charge >= 0.3 is 0 Å². The van der Waals surface area contributed by atoms with Gasteiger partial charge in [0.1, 0.15) is 12.1 Å². The maximum absolute atomic E-state index is 11.7. The summed E-state index contributed by atoms with van der Waals surface area (Å²) in [6.45, 7) is 0. The Morgan fingerprint density at radius 1 is 1.26 bits per heavy atom. The number of carbonyl (C=O) groups excluding carboxylic acids is 1. The average Bonchev–Trinajstić information content (AvgIpc) is 3.23. The maximum Gasteiger partial charge on any atom is 0.228 e. The molecule has 1 aliphatic carbocycles. The molecule has 0 saturated heterocycles. The van der Waals surface area contributed by atoms with Crippen molar-refractivity contribution in [1.82, 2.24) is 9.97 Å². The highest BCUT2D eigenvalue weighted by molar-refractivity contribution is 9.10. The van der Waals surface area contributed by atoms with Gasteiger partial charge in [0.25, 0.3) is 0 Å². The summed E-state index contributed by atoms with van der Waals surface area (Å²) in [5, 5.41) is 2.83. The Morgan fingerprint density at radius 2 is 2.11 bits per heavy atom. The third-order valence-corrected chi connectivity index (χ3v) is 3.48. The number of hydrogen-bond acceptors (Lipinski definition) is 3. The molecule has 1 aliphatic rings. The van der Waals surface area contributed by atoms with Gasteiger partial charge in [-0.05, 0) is 25.0 Å². The Hall–Kier alpha value is -1.75. The Labute approximate surface area is 119 Å². The number of nitrogens with one attached hydrogen (secondary N) is 1. The number of aromatic nitrogens is 2. The normalized spacial score (nSPS) is 14.2. The van der Waals surface area contributed by atoms with Crippen molar-refractivity contribution in [3.05, 3.63) is 41.1 Å². The Balaban J connectivity index is 1.84. The second-order valence-electron chi connectivity index (χ2n) is 4.56. The predicted molar refractivity (Wildman–Crippen MR) is 76.5 cm³/mol. The minimum atomic E-state index is 0.0545. The standard InChI is InChI=1S/C14H12BrN3O/c15-11-3-1-2-10(6-11)12-7-13(17-8-16-12)18-14(19)9-4-5-9/h1-3,6-9H,4-5H2,(H,16,17,18,19). The van der Waals surface area contributed by atoms with Gasteiger partial charge < -0.3 is 5.32 Å². The van der Waals surface area contributed by atoms with E-state index < -0.39 is 0 Å². The first-order valence-electron chi connectivity index (χ1n) is 6.11. The first-order chi connectivity index (χ1) is 9.22. The van der Waals surface area contributed by atoms with Crippen molar-refractivity contribution >= 4 is 27.7 Å². The fourth-order valence-corrected chi connectivity index (χ4v) is 2.20. The molecule has 0 aliphatic heterocycles. The van der Waals surface area contributed by atoms with Crippen molar-refractivity contribution in [1.29, 1.82) is 0 Å². The number of rotatable bonds is 3. The summed E-state index contributed by atoms with van der Waals surface area (Å²) in [5.41, 5.74) is 1.78. The number of nitrogens with zero attached hydrogens (tertiary/aromatic N) is 2. The third kappa shape index (κ3) is 2.98. The van der Waals surface area contributed by atoms with E-state index in [1.807, 2.05) is 24.3 Å². The molecule has 1 aromatic heterocycles. The van der Waals surface area contributed by atoms with Gasteiger partial charge in [0, 0.05) is 22.0 Å². The van der Waals surface area contributed by atoms with Crippen LogP contribution in [0.5, 0.6) is 0 Å². The van der Waals surface area contributed by atoms with Crippen LogP contribution in [0.2, 0.25) is 0 Å². The summed E-state index contributed by atoms with van der Waals surface area (Å²) in [6, 6.07) is 9.65. The molecule has 1 saturated carbocycles. The van der Waals surface area contributed by atoms with Crippen LogP contribution in [0.15, 0.2) is 41.1 Å². The van der Waals surface area contributed by atoms with Gasteiger partial charge in [0.05, 0.1) is 5.69 Å². The molecule has 1 amide bonds. The molecule has 19 heavy (non-hydrogen) atoms. The largest absolute Gasteiger partial charge is 0.310 e. The van der Waals surface area contributed by atoms with E-state index in [2.05, 4.69) is 31.2 Å². The summed E-state index contributed by atoms with van der Waals surface area (Å²) in [5.74, 6) is 0.782. The van der Waals surface area contributed by atoms with E-state index in [0.29, 0.717) is 5.82 Å². The molecule has 0 unspecified atom stereocenters. The molecule has 1 heterocycles. The molecule has 0 spiro atoms. The van der Waals surface area contributed by atoms with Crippen molar-refractivity contribution in [2.45, 2.75) is 12.8 Å². The predicted octanol–water partition coefficient (Wildman–Crippen LogP) is 3.25. The molecule has 5 heteroatoms. The summed E-state index contributed by atoms with van der Waals surface area (Å²) >= 11 is 3.43.